The van der Waals surface area contributed by atoms with Crippen LogP contribution < -0.4 is 5.32 Å². The van der Waals surface area contributed by atoms with Crippen LogP contribution in [0, 0.1) is 6.92 Å². The third kappa shape index (κ3) is 3.44. The lowest BCUT2D eigenvalue weighted by Crippen LogP contribution is -1.97. The number of hydrogen-bond acceptors (Lipinski definition) is 4. The van der Waals surface area contributed by atoms with Crippen LogP contribution in [0.25, 0.3) is 0 Å². The van der Waals surface area contributed by atoms with Crippen LogP contribution in [0.1, 0.15) is 5.82 Å². The summed E-state index contributed by atoms with van der Waals surface area (Å²) in [6.07, 6.45) is 0. The fourth-order valence-corrected chi connectivity index (χ4v) is 2.84. The molecular formula is C12H12BrN3S. The smallest absolute Gasteiger partial charge is 0.130 e. The zero-order chi connectivity index (χ0) is 12.3. The number of aryl methyl sites for hydroxylation is 1. The SMILES string of the molecule is CNc1cc(Sc2cccc(Br)c2)nc(C)n1. The summed E-state index contributed by atoms with van der Waals surface area (Å²) in [6.45, 7) is 1.89. The molecule has 2 aromatic rings. The first kappa shape index (κ1) is 12.4. The van der Waals surface area contributed by atoms with Gasteiger partial charge in [0.25, 0.3) is 0 Å². The van der Waals surface area contributed by atoms with E-state index in [0.717, 1.165) is 26.0 Å². The second-order valence-electron chi connectivity index (χ2n) is 3.45. The molecule has 0 radical (unpaired) electrons. The number of nitrogens with zero attached hydrogens (tertiary/aromatic N) is 2. The van der Waals surface area contributed by atoms with E-state index in [2.05, 4.69) is 43.3 Å². The minimum atomic E-state index is 0.773. The van der Waals surface area contributed by atoms with Crippen LogP contribution in [0.2, 0.25) is 0 Å². The Kier molecular flexibility index (Phi) is 4.02. The summed E-state index contributed by atoms with van der Waals surface area (Å²) in [7, 11) is 1.86. The molecular weight excluding hydrogens is 298 g/mol. The highest BCUT2D eigenvalue weighted by Gasteiger charge is 2.03. The molecule has 0 aliphatic rings. The molecule has 17 heavy (non-hydrogen) atoms. The molecule has 0 saturated heterocycles. The van der Waals surface area contributed by atoms with Gasteiger partial charge in [0.1, 0.15) is 16.7 Å². The van der Waals surface area contributed by atoms with E-state index in [-0.39, 0.29) is 0 Å². The van der Waals surface area contributed by atoms with Crippen LogP contribution in [0.3, 0.4) is 0 Å². The Morgan fingerprint density at radius 1 is 1.24 bits per heavy atom. The lowest BCUT2D eigenvalue weighted by molar-refractivity contribution is 0.969. The monoisotopic (exact) mass is 309 g/mol. The minimum Gasteiger partial charge on any atom is -0.373 e. The highest BCUT2D eigenvalue weighted by molar-refractivity contribution is 9.10. The van der Waals surface area contributed by atoms with Crippen molar-refractivity contribution in [2.24, 2.45) is 0 Å². The Morgan fingerprint density at radius 2 is 2.06 bits per heavy atom. The van der Waals surface area contributed by atoms with Gasteiger partial charge in [-0.3, -0.25) is 0 Å². The van der Waals surface area contributed by atoms with Crippen molar-refractivity contribution in [1.29, 1.82) is 0 Å². The van der Waals surface area contributed by atoms with E-state index < -0.39 is 0 Å². The molecule has 0 aliphatic heterocycles. The molecule has 0 aliphatic carbocycles. The van der Waals surface area contributed by atoms with Crippen molar-refractivity contribution in [2.75, 3.05) is 12.4 Å². The predicted molar refractivity (Wildman–Crippen MR) is 74.6 cm³/mol. The molecule has 1 heterocycles. The van der Waals surface area contributed by atoms with Crippen LogP contribution >= 0.6 is 27.7 Å². The zero-order valence-corrected chi connectivity index (χ0v) is 12.0. The number of hydrogen-bond donors (Lipinski definition) is 1. The summed E-state index contributed by atoms with van der Waals surface area (Å²) in [5.74, 6) is 1.62. The molecule has 0 saturated carbocycles. The van der Waals surface area contributed by atoms with Gasteiger partial charge >= 0.3 is 0 Å². The Bertz CT molecular complexity index is 531. The normalized spacial score (nSPS) is 10.3. The van der Waals surface area contributed by atoms with Gasteiger partial charge in [0, 0.05) is 22.5 Å². The minimum absolute atomic E-state index is 0.773. The Hall–Kier alpha value is -1.07. The van der Waals surface area contributed by atoms with E-state index >= 15 is 0 Å². The highest BCUT2D eigenvalue weighted by Crippen LogP contribution is 2.29. The quantitative estimate of drug-likeness (QED) is 0.877. The van der Waals surface area contributed by atoms with E-state index in [1.54, 1.807) is 11.8 Å². The van der Waals surface area contributed by atoms with Crippen LogP contribution in [0.15, 0.2) is 44.7 Å². The first-order valence-corrected chi connectivity index (χ1v) is 6.75. The van der Waals surface area contributed by atoms with Gasteiger partial charge in [-0.1, -0.05) is 33.8 Å². The zero-order valence-electron chi connectivity index (χ0n) is 9.57. The molecule has 1 aromatic carbocycles. The van der Waals surface area contributed by atoms with E-state index in [0.29, 0.717) is 0 Å². The maximum Gasteiger partial charge on any atom is 0.130 e. The van der Waals surface area contributed by atoms with Crippen molar-refractivity contribution in [1.82, 2.24) is 9.97 Å². The molecule has 0 amide bonds. The van der Waals surface area contributed by atoms with Crippen molar-refractivity contribution < 1.29 is 0 Å². The molecule has 0 atom stereocenters. The summed E-state index contributed by atoms with van der Waals surface area (Å²) >= 11 is 5.08. The van der Waals surface area contributed by atoms with Crippen LogP contribution in [-0.2, 0) is 0 Å². The number of nitrogens with one attached hydrogen (secondary N) is 1. The molecule has 3 nitrogen and oxygen atoms in total. The van der Waals surface area contributed by atoms with E-state index in [4.69, 9.17) is 0 Å². The van der Waals surface area contributed by atoms with Gasteiger partial charge in [0.05, 0.1) is 0 Å². The molecule has 0 spiro atoms. The Balaban J connectivity index is 2.26. The Morgan fingerprint density at radius 3 is 2.76 bits per heavy atom. The van der Waals surface area contributed by atoms with Crippen molar-refractivity contribution in [3.63, 3.8) is 0 Å². The van der Waals surface area contributed by atoms with Crippen molar-refractivity contribution in [3.8, 4) is 0 Å². The Labute approximate surface area is 113 Å². The number of rotatable bonds is 3. The topological polar surface area (TPSA) is 37.8 Å². The average molecular weight is 310 g/mol. The maximum atomic E-state index is 4.40. The predicted octanol–water partition coefficient (Wildman–Crippen LogP) is 3.74. The summed E-state index contributed by atoms with van der Waals surface area (Å²) in [4.78, 5) is 9.82. The fourth-order valence-electron chi connectivity index (χ4n) is 1.37. The van der Waals surface area contributed by atoms with Crippen molar-refractivity contribution >= 4 is 33.5 Å². The van der Waals surface area contributed by atoms with Crippen molar-refractivity contribution in [2.45, 2.75) is 16.8 Å². The first-order chi connectivity index (χ1) is 8.17. The molecule has 0 fully saturated rings. The van der Waals surface area contributed by atoms with Gasteiger partial charge in [-0.15, -0.1) is 0 Å². The second-order valence-corrected chi connectivity index (χ2v) is 5.46. The molecule has 1 N–H and O–H groups in total. The van der Waals surface area contributed by atoms with Gasteiger partial charge in [-0.2, -0.15) is 0 Å². The third-order valence-electron chi connectivity index (χ3n) is 2.09. The number of anilines is 1. The van der Waals surface area contributed by atoms with E-state index in [9.17, 15) is 0 Å². The van der Waals surface area contributed by atoms with Gasteiger partial charge in [0.2, 0.25) is 0 Å². The summed E-state index contributed by atoms with van der Waals surface area (Å²) in [5.41, 5.74) is 0. The lowest BCUT2D eigenvalue weighted by atomic mass is 10.4. The third-order valence-corrected chi connectivity index (χ3v) is 3.49. The molecule has 5 heteroatoms. The van der Waals surface area contributed by atoms with Crippen molar-refractivity contribution in [3.05, 3.63) is 40.6 Å². The number of aromatic nitrogens is 2. The molecule has 0 bridgehead atoms. The summed E-state index contributed by atoms with van der Waals surface area (Å²) in [6, 6.07) is 10.1. The number of benzene rings is 1. The molecule has 88 valence electrons. The fraction of sp³-hybridized carbons (Fsp3) is 0.167. The molecule has 0 unspecified atom stereocenters. The average Bonchev–Trinajstić information content (AvgIpc) is 2.28. The molecule has 1 aromatic heterocycles. The van der Waals surface area contributed by atoms with Gasteiger partial charge in [0.15, 0.2) is 0 Å². The molecule has 2 rings (SSSR count). The van der Waals surface area contributed by atoms with Gasteiger partial charge in [-0.05, 0) is 25.1 Å². The number of halogens is 1. The van der Waals surface area contributed by atoms with Crippen LogP contribution in [0.5, 0.6) is 0 Å². The van der Waals surface area contributed by atoms with Gasteiger partial charge < -0.3 is 5.32 Å². The maximum absolute atomic E-state index is 4.40. The summed E-state index contributed by atoms with van der Waals surface area (Å²) in [5, 5.41) is 3.98. The van der Waals surface area contributed by atoms with Crippen LogP contribution in [-0.4, -0.2) is 17.0 Å². The van der Waals surface area contributed by atoms with Gasteiger partial charge in [-0.25, -0.2) is 9.97 Å². The highest BCUT2D eigenvalue weighted by atomic mass is 79.9. The second kappa shape index (κ2) is 5.51. The lowest BCUT2D eigenvalue weighted by Gasteiger charge is -2.05. The van der Waals surface area contributed by atoms with E-state index in [1.807, 2.05) is 32.2 Å². The van der Waals surface area contributed by atoms with E-state index in [1.165, 1.54) is 0 Å². The largest absolute Gasteiger partial charge is 0.373 e. The van der Waals surface area contributed by atoms with Crippen LogP contribution in [0.4, 0.5) is 5.82 Å². The summed E-state index contributed by atoms with van der Waals surface area (Å²) < 4.78 is 1.07. The standard InChI is InChI=1S/C12H12BrN3S/c1-8-15-11(14-2)7-12(16-8)17-10-5-3-4-9(13)6-10/h3-7H,1-2H3,(H,14,15,16). The first-order valence-electron chi connectivity index (χ1n) is 5.14.